The lowest BCUT2D eigenvalue weighted by atomic mass is 9.95. The molecule has 9 heteroatoms. The quantitative estimate of drug-likeness (QED) is 0.145. The first-order valence-corrected chi connectivity index (χ1v) is 14.4. The number of allylic oxidation sites excluding steroid dienone is 8. The van der Waals surface area contributed by atoms with Gasteiger partial charge in [0.05, 0.1) is 0 Å². The second-order valence-corrected chi connectivity index (χ2v) is 10.7. The molecule has 5 atom stereocenters. The number of primary amides is 1. The molecule has 0 aromatic carbocycles. The maximum absolute atomic E-state index is 12.6. The number of carbonyl (C=O) groups excluding carboxylic acids is 3. The summed E-state index contributed by atoms with van der Waals surface area (Å²) in [6.45, 7) is 9.58. The predicted molar refractivity (Wildman–Crippen MR) is 165 cm³/mol. The largest absolute Gasteiger partial charge is 0.458 e. The topological polar surface area (TPSA) is 148 Å². The predicted octanol–water partition coefficient (Wildman–Crippen LogP) is 5.23. The van der Waals surface area contributed by atoms with Crippen LogP contribution in [0.4, 0.5) is 4.79 Å². The molecule has 0 aromatic heterocycles. The molecular weight excluding hydrogens is 536 g/mol. The van der Waals surface area contributed by atoms with E-state index in [0.717, 1.165) is 16.7 Å². The Labute approximate surface area is 250 Å². The highest BCUT2D eigenvalue weighted by Crippen LogP contribution is 2.21. The number of aliphatic hydroxyl groups excluding tert-OH is 2. The lowest BCUT2D eigenvalue weighted by Gasteiger charge is -2.24. The van der Waals surface area contributed by atoms with Gasteiger partial charge in [0.1, 0.15) is 24.4 Å². The van der Waals surface area contributed by atoms with Gasteiger partial charge in [-0.1, -0.05) is 66.2 Å². The number of rotatable bonds is 6. The minimum atomic E-state index is -1.32. The molecule has 1 aliphatic rings. The third kappa shape index (κ3) is 16.5. The average Bonchev–Trinajstić information content (AvgIpc) is 2.89. The van der Waals surface area contributed by atoms with E-state index in [1.54, 1.807) is 24.4 Å². The van der Waals surface area contributed by atoms with Crippen molar-refractivity contribution >= 4 is 18.0 Å². The van der Waals surface area contributed by atoms with Crippen molar-refractivity contribution in [3.05, 3.63) is 83.7 Å². The second kappa shape index (κ2) is 20.2. The molecule has 232 valence electrons. The van der Waals surface area contributed by atoms with E-state index >= 15 is 0 Å². The van der Waals surface area contributed by atoms with Crippen molar-refractivity contribution < 1.29 is 34.1 Å². The van der Waals surface area contributed by atoms with Gasteiger partial charge in [0.15, 0.2) is 0 Å². The molecule has 0 spiro atoms. The van der Waals surface area contributed by atoms with Crippen LogP contribution in [0.1, 0.15) is 73.1 Å². The molecule has 1 heterocycles. The molecule has 0 radical (unpaired) electrons. The highest BCUT2D eigenvalue weighted by Gasteiger charge is 2.27. The summed E-state index contributed by atoms with van der Waals surface area (Å²) in [4.78, 5) is 35.8. The van der Waals surface area contributed by atoms with E-state index < -0.39 is 36.5 Å². The molecule has 0 aliphatic carbocycles. The zero-order valence-corrected chi connectivity index (χ0v) is 25.5. The minimum Gasteiger partial charge on any atom is -0.458 e. The highest BCUT2D eigenvalue weighted by molar-refractivity contribution is 5.88. The van der Waals surface area contributed by atoms with Crippen molar-refractivity contribution in [3.63, 3.8) is 0 Å². The van der Waals surface area contributed by atoms with E-state index in [1.165, 1.54) is 18.2 Å². The Hall–Kier alpha value is -3.69. The van der Waals surface area contributed by atoms with E-state index in [9.17, 15) is 24.6 Å². The van der Waals surface area contributed by atoms with Crippen molar-refractivity contribution in [2.75, 3.05) is 0 Å². The Bertz CT molecular complexity index is 1090. The third-order valence-electron chi connectivity index (χ3n) is 6.36. The first kappa shape index (κ1) is 36.3. The van der Waals surface area contributed by atoms with Gasteiger partial charge < -0.3 is 30.7 Å². The first-order chi connectivity index (χ1) is 19.9. The van der Waals surface area contributed by atoms with Crippen LogP contribution in [0.3, 0.4) is 0 Å². The van der Waals surface area contributed by atoms with Crippen molar-refractivity contribution in [3.8, 4) is 0 Å². The van der Waals surface area contributed by atoms with Gasteiger partial charge in [0.25, 0.3) is 0 Å². The third-order valence-corrected chi connectivity index (χ3v) is 6.36. The Morgan fingerprint density at radius 3 is 2.55 bits per heavy atom. The van der Waals surface area contributed by atoms with Crippen molar-refractivity contribution in [2.45, 2.75) is 97.6 Å². The standard InChI is InChI=1S/C33H48N2O7/c1-23(2)20-30(37)35-19-18-25(4)21-26(5)29-22-24(3)14-10-6-8-12-16-28(42-33(34)40)32(39)27(36)15-11-7-9-13-17-31(38)41-29/h6,10-11,13-15,17-21,26-29,32,36,39H,7-9,12,16,22H2,1-5H3,(H2,34,40)(H,35,37)/b10-6?,15-11?,17-13?,19-18+,24-14?,25-21+/t26-,27+,28-,29-,32+/m1/s1. The molecule has 0 saturated heterocycles. The number of ether oxygens (including phenoxy) is 2. The number of esters is 1. The Morgan fingerprint density at radius 2 is 1.86 bits per heavy atom. The van der Waals surface area contributed by atoms with E-state index in [4.69, 9.17) is 15.2 Å². The molecular formula is C33H48N2O7. The Morgan fingerprint density at radius 1 is 1.14 bits per heavy atom. The summed E-state index contributed by atoms with van der Waals surface area (Å²) in [5.41, 5.74) is 8.00. The summed E-state index contributed by atoms with van der Waals surface area (Å²) in [6.07, 6.45) is 17.2. The molecule has 2 amide bonds. The summed E-state index contributed by atoms with van der Waals surface area (Å²) in [5, 5.41) is 23.5. The normalized spacial score (nSPS) is 24.3. The Kier molecular flexibility index (Phi) is 17.5. The molecule has 1 aliphatic heterocycles. The first-order valence-electron chi connectivity index (χ1n) is 14.4. The number of hydrogen-bond donors (Lipinski definition) is 4. The van der Waals surface area contributed by atoms with Gasteiger partial charge in [-0.3, -0.25) is 4.79 Å². The van der Waals surface area contributed by atoms with Gasteiger partial charge in [0.2, 0.25) is 5.91 Å². The summed E-state index contributed by atoms with van der Waals surface area (Å²) in [7, 11) is 0. The van der Waals surface area contributed by atoms with Crippen LogP contribution in [0.5, 0.6) is 0 Å². The lowest BCUT2D eigenvalue weighted by Crippen LogP contribution is -2.40. The number of nitrogens with two attached hydrogens (primary N) is 1. The smallest absolute Gasteiger partial charge is 0.404 e. The van der Waals surface area contributed by atoms with Crippen molar-refractivity contribution in [1.29, 1.82) is 0 Å². The molecule has 1 rings (SSSR count). The average molecular weight is 585 g/mol. The van der Waals surface area contributed by atoms with Gasteiger partial charge >= 0.3 is 12.1 Å². The summed E-state index contributed by atoms with van der Waals surface area (Å²) in [6, 6.07) is 0. The van der Waals surface area contributed by atoms with E-state index in [0.29, 0.717) is 38.5 Å². The minimum absolute atomic E-state index is 0.108. The molecule has 0 bridgehead atoms. The van der Waals surface area contributed by atoms with Crippen LogP contribution >= 0.6 is 0 Å². The summed E-state index contributed by atoms with van der Waals surface area (Å²) >= 11 is 0. The van der Waals surface area contributed by atoms with Crippen LogP contribution in [-0.4, -0.2) is 52.6 Å². The SMILES string of the molecule is CC(C)=CC(=O)N/C=C/C(C)=C/[C@@H](C)[C@H]1CC(C)=CC=CCCC[C@@H](OC(N)=O)[C@@H](O)[C@@H](O)C=CCCC=CC(=O)O1. The maximum Gasteiger partial charge on any atom is 0.404 e. The van der Waals surface area contributed by atoms with Crippen LogP contribution in [0, 0.1) is 5.92 Å². The van der Waals surface area contributed by atoms with Gasteiger partial charge in [-0.15, -0.1) is 0 Å². The number of hydrogen-bond acceptors (Lipinski definition) is 7. The summed E-state index contributed by atoms with van der Waals surface area (Å²) in [5.74, 6) is -0.755. The van der Waals surface area contributed by atoms with Gasteiger partial charge in [-0.05, 0) is 65.9 Å². The molecule has 9 nitrogen and oxygen atoms in total. The molecule has 0 aromatic rings. The second-order valence-electron chi connectivity index (χ2n) is 10.7. The zero-order chi connectivity index (χ0) is 31.5. The molecule has 42 heavy (non-hydrogen) atoms. The van der Waals surface area contributed by atoms with E-state index in [1.807, 2.05) is 58.9 Å². The number of carbonyl (C=O) groups is 3. The van der Waals surface area contributed by atoms with E-state index in [-0.39, 0.29) is 11.8 Å². The number of amides is 2. The molecule has 0 unspecified atom stereocenters. The maximum atomic E-state index is 12.6. The fraction of sp³-hybridized carbons (Fsp3) is 0.485. The van der Waals surface area contributed by atoms with Crippen LogP contribution in [-0.2, 0) is 19.1 Å². The van der Waals surface area contributed by atoms with Crippen LogP contribution < -0.4 is 11.1 Å². The van der Waals surface area contributed by atoms with Crippen molar-refractivity contribution in [1.82, 2.24) is 5.32 Å². The number of cyclic esters (lactones) is 1. The zero-order valence-electron chi connectivity index (χ0n) is 25.5. The fourth-order valence-electron chi connectivity index (χ4n) is 4.20. The van der Waals surface area contributed by atoms with Gasteiger partial charge in [-0.2, -0.15) is 0 Å². The number of aliphatic hydroxyl groups is 2. The molecule has 0 fully saturated rings. The van der Waals surface area contributed by atoms with Gasteiger partial charge in [-0.25, -0.2) is 9.59 Å². The molecule has 0 saturated carbocycles. The van der Waals surface area contributed by atoms with Crippen LogP contribution in [0.15, 0.2) is 83.7 Å². The fourth-order valence-corrected chi connectivity index (χ4v) is 4.20. The monoisotopic (exact) mass is 584 g/mol. The summed E-state index contributed by atoms with van der Waals surface area (Å²) < 4.78 is 10.9. The van der Waals surface area contributed by atoms with Crippen LogP contribution in [0.2, 0.25) is 0 Å². The molecule has 5 N–H and O–H groups in total. The highest BCUT2D eigenvalue weighted by atomic mass is 16.6. The Balaban J connectivity index is 3.06. The van der Waals surface area contributed by atoms with Crippen molar-refractivity contribution in [2.24, 2.45) is 11.7 Å². The lowest BCUT2D eigenvalue weighted by molar-refractivity contribution is -0.144. The number of nitrogens with one attached hydrogen (secondary N) is 1. The van der Waals surface area contributed by atoms with Gasteiger partial charge in [0, 0.05) is 30.7 Å². The van der Waals surface area contributed by atoms with E-state index in [2.05, 4.69) is 5.32 Å². The van der Waals surface area contributed by atoms with Crippen LogP contribution in [0.25, 0.3) is 0 Å².